The molecular weight excluding hydrogens is 345 g/mol. The number of rotatable bonds is 2. The second-order valence-electron chi connectivity index (χ2n) is 4.27. The molecule has 1 aromatic heterocycles. The van der Waals surface area contributed by atoms with Crippen molar-refractivity contribution < 1.29 is 0 Å². The fourth-order valence-corrected chi connectivity index (χ4v) is 2.47. The normalized spacial score (nSPS) is 10.4. The number of benzene rings is 2. The summed E-state index contributed by atoms with van der Waals surface area (Å²) in [6, 6.07) is 23.0. The molecule has 0 aliphatic rings. The van der Waals surface area contributed by atoms with E-state index in [-0.39, 0.29) is 0 Å². The van der Waals surface area contributed by atoms with Crippen LogP contribution in [0.4, 0.5) is 0 Å². The van der Waals surface area contributed by atoms with Crippen molar-refractivity contribution in [2.45, 2.75) is 0 Å². The summed E-state index contributed by atoms with van der Waals surface area (Å²) in [6.45, 7) is 0. The molecule has 19 heavy (non-hydrogen) atoms. The highest BCUT2D eigenvalue weighted by Crippen LogP contribution is 2.30. The van der Waals surface area contributed by atoms with Crippen molar-refractivity contribution >= 4 is 22.6 Å². The van der Waals surface area contributed by atoms with E-state index in [4.69, 9.17) is 0 Å². The van der Waals surface area contributed by atoms with Crippen LogP contribution in [0.1, 0.15) is 0 Å². The number of hydrogen-bond acceptors (Lipinski definition) is 1. The van der Waals surface area contributed by atoms with E-state index in [1.54, 1.807) is 0 Å². The van der Waals surface area contributed by atoms with Crippen LogP contribution in [0.25, 0.3) is 22.4 Å². The van der Waals surface area contributed by atoms with Gasteiger partial charge in [0.05, 0.1) is 5.69 Å². The lowest BCUT2D eigenvalue weighted by atomic mass is 9.97. The average molecular weight is 357 g/mol. The molecule has 0 spiro atoms. The van der Waals surface area contributed by atoms with Crippen LogP contribution in [0.2, 0.25) is 0 Å². The average Bonchev–Trinajstić information content (AvgIpc) is 2.49. The molecule has 3 aromatic rings. The van der Waals surface area contributed by atoms with Gasteiger partial charge in [-0.15, -0.1) is 0 Å². The first kappa shape index (κ1) is 12.4. The Hall–Kier alpha value is -1.68. The van der Waals surface area contributed by atoms with Crippen LogP contribution in [0.15, 0.2) is 72.9 Å². The van der Waals surface area contributed by atoms with Crippen molar-refractivity contribution in [3.63, 3.8) is 0 Å². The monoisotopic (exact) mass is 357 g/mol. The minimum Gasteiger partial charge on any atom is -0.256 e. The Bertz CT molecular complexity index is 675. The molecule has 1 nitrogen and oxygen atoms in total. The Labute approximate surface area is 126 Å². The Kier molecular flexibility index (Phi) is 3.60. The highest BCUT2D eigenvalue weighted by Gasteiger charge is 2.07. The van der Waals surface area contributed by atoms with Crippen molar-refractivity contribution in [3.05, 3.63) is 76.5 Å². The van der Waals surface area contributed by atoms with Crippen LogP contribution >= 0.6 is 22.6 Å². The topological polar surface area (TPSA) is 12.9 Å². The third kappa shape index (κ3) is 2.68. The molecule has 92 valence electrons. The van der Waals surface area contributed by atoms with E-state index < -0.39 is 0 Å². The van der Waals surface area contributed by atoms with Crippen LogP contribution in [0.5, 0.6) is 0 Å². The lowest BCUT2D eigenvalue weighted by Crippen LogP contribution is -1.87. The van der Waals surface area contributed by atoms with Gasteiger partial charge in [0.15, 0.2) is 0 Å². The molecule has 0 radical (unpaired) electrons. The highest BCUT2D eigenvalue weighted by molar-refractivity contribution is 14.1. The van der Waals surface area contributed by atoms with E-state index in [0.29, 0.717) is 0 Å². The van der Waals surface area contributed by atoms with E-state index in [9.17, 15) is 0 Å². The lowest BCUT2D eigenvalue weighted by Gasteiger charge is -2.09. The molecule has 2 aromatic carbocycles. The molecule has 0 N–H and O–H groups in total. The van der Waals surface area contributed by atoms with Crippen LogP contribution < -0.4 is 0 Å². The molecule has 0 aliphatic heterocycles. The largest absolute Gasteiger partial charge is 0.256 e. The lowest BCUT2D eigenvalue weighted by molar-refractivity contribution is 1.33. The van der Waals surface area contributed by atoms with Crippen LogP contribution in [0.3, 0.4) is 0 Å². The third-order valence-electron chi connectivity index (χ3n) is 3.02. The van der Waals surface area contributed by atoms with Crippen molar-refractivity contribution in [2.75, 3.05) is 0 Å². The molecule has 0 atom stereocenters. The summed E-state index contributed by atoms with van der Waals surface area (Å²) in [5, 5.41) is 0. The number of nitrogens with zero attached hydrogens (tertiary/aromatic N) is 1. The van der Waals surface area contributed by atoms with Crippen molar-refractivity contribution in [3.8, 4) is 22.4 Å². The molecular formula is C17H12IN. The van der Waals surface area contributed by atoms with E-state index in [0.717, 1.165) is 5.69 Å². The predicted octanol–water partition coefficient (Wildman–Crippen LogP) is 5.02. The Balaban J connectivity index is 2.15. The quantitative estimate of drug-likeness (QED) is 0.587. The van der Waals surface area contributed by atoms with Gasteiger partial charge in [-0.3, -0.25) is 4.98 Å². The van der Waals surface area contributed by atoms with Gasteiger partial charge in [-0.25, -0.2) is 0 Å². The van der Waals surface area contributed by atoms with Gasteiger partial charge in [-0.1, -0.05) is 42.5 Å². The molecule has 0 aliphatic carbocycles. The number of hydrogen-bond donors (Lipinski definition) is 0. The zero-order valence-electron chi connectivity index (χ0n) is 10.3. The summed E-state index contributed by atoms with van der Waals surface area (Å²) in [7, 11) is 0. The SMILES string of the molecule is Ic1ccc(-c2ccccc2-c2ccccn2)cc1. The first-order chi connectivity index (χ1) is 9.34. The summed E-state index contributed by atoms with van der Waals surface area (Å²) in [4.78, 5) is 4.45. The van der Waals surface area contributed by atoms with E-state index >= 15 is 0 Å². The first-order valence-electron chi connectivity index (χ1n) is 6.11. The minimum atomic E-state index is 1.01. The Morgan fingerprint density at radius 3 is 2.05 bits per heavy atom. The van der Waals surface area contributed by atoms with Crippen molar-refractivity contribution in [1.82, 2.24) is 4.98 Å². The fraction of sp³-hybridized carbons (Fsp3) is 0. The zero-order chi connectivity index (χ0) is 13.1. The molecule has 0 fully saturated rings. The molecule has 0 saturated carbocycles. The van der Waals surface area contributed by atoms with Gasteiger partial charge in [-0.05, 0) is 58.0 Å². The Morgan fingerprint density at radius 2 is 1.37 bits per heavy atom. The Morgan fingerprint density at radius 1 is 0.684 bits per heavy atom. The van der Waals surface area contributed by atoms with Crippen LogP contribution in [-0.2, 0) is 0 Å². The molecule has 0 unspecified atom stereocenters. The van der Waals surface area contributed by atoms with Gasteiger partial charge in [0.1, 0.15) is 0 Å². The fourth-order valence-electron chi connectivity index (χ4n) is 2.11. The van der Waals surface area contributed by atoms with Gasteiger partial charge >= 0.3 is 0 Å². The van der Waals surface area contributed by atoms with Gasteiger partial charge in [0, 0.05) is 15.3 Å². The van der Waals surface area contributed by atoms with Gasteiger partial charge in [0.25, 0.3) is 0 Å². The van der Waals surface area contributed by atoms with E-state index in [2.05, 4.69) is 76.1 Å². The molecule has 0 saturated heterocycles. The zero-order valence-corrected chi connectivity index (χ0v) is 12.4. The summed E-state index contributed by atoms with van der Waals surface area (Å²) in [5.41, 5.74) is 4.63. The standard InChI is InChI=1S/C17H12IN/c18-14-10-8-13(9-11-14)15-5-1-2-6-16(15)17-7-3-4-12-19-17/h1-12H. The van der Waals surface area contributed by atoms with Crippen LogP contribution in [-0.4, -0.2) is 4.98 Å². The molecule has 0 bridgehead atoms. The summed E-state index contributed by atoms with van der Waals surface area (Å²) in [6.07, 6.45) is 1.83. The first-order valence-corrected chi connectivity index (χ1v) is 7.19. The minimum absolute atomic E-state index is 1.01. The second-order valence-corrected chi connectivity index (χ2v) is 5.51. The maximum atomic E-state index is 4.45. The van der Waals surface area contributed by atoms with Gasteiger partial charge in [0.2, 0.25) is 0 Å². The van der Waals surface area contributed by atoms with E-state index in [1.807, 2.05) is 24.4 Å². The summed E-state index contributed by atoms with van der Waals surface area (Å²) in [5.74, 6) is 0. The third-order valence-corrected chi connectivity index (χ3v) is 3.74. The van der Waals surface area contributed by atoms with Crippen molar-refractivity contribution in [2.24, 2.45) is 0 Å². The van der Waals surface area contributed by atoms with Gasteiger partial charge in [-0.2, -0.15) is 0 Å². The summed E-state index contributed by atoms with van der Waals surface area (Å²) >= 11 is 2.32. The van der Waals surface area contributed by atoms with Crippen molar-refractivity contribution in [1.29, 1.82) is 0 Å². The maximum Gasteiger partial charge on any atom is 0.0708 e. The second kappa shape index (κ2) is 5.53. The molecule has 1 heterocycles. The van der Waals surface area contributed by atoms with E-state index in [1.165, 1.54) is 20.3 Å². The maximum absolute atomic E-state index is 4.45. The number of halogens is 1. The number of aromatic nitrogens is 1. The summed E-state index contributed by atoms with van der Waals surface area (Å²) < 4.78 is 1.25. The smallest absolute Gasteiger partial charge is 0.0708 e. The van der Waals surface area contributed by atoms with Crippen LogP contribution in [0, 0.1) is 3.57 Å². The molecule has 3 rings (SSSR count). The molecule has 2 heteroatoms. The van der Waals surface area contributed by atoms with Gasteiger partial charge < -0.3 is 0 Å². The molecule has 0 amide bonds. The number of pyridine rings is 1. The highest BCUT2D eigenvalue weighted by atomic mass is 127. The predicted molar refractivity (Wildman–Crippen MR) is 87.8 cm³/mol.